The van der Waals surface area contributed by atoms with E-state index in [0.29, 0.717) is 22.1 Å². The van der Waals surface area contributed by atoms with Gasteiger partial charge >= 0.3 is 0 Å². The van der Waals surface area contributed by atoms with Crippen molar-refractivity contribution in [2.45, 2.75) is 25.0 Å². The van der Waals surface area contributed by atoms with Crippen molar-refractivity contribution in [3.63, 3.8) is 0 Å². The SMILES string of the molecule is COc1ccc(OCC(O)CSc2nc(C)cc(C)c2C#N)cc1. The van der Waals surface area contributed by atoms with Crippen LogP contribution in [0.1, 0.15) is 16.8 Å². The van der Waals surface area contributed by atoms with Gasteiger partial charge in [0.1, 0.15) is 29.2 Å². The molecule has 0 bridgehead atoms. The van der Waals surface area contributed by atoms with Crippen LogP contribution in [-0.4, -0.2) is 35.7 Å². The second-order valence-corrected chi connectivity index (χ2v) is 6.33. The van der Waals surface area contributed by atoms with Crippen LogP contribution >= 0.6 is 11.8 Å². The molecule has 0 fully saturated rings. The van der Waals surface area contributed by atoms with E-state index in [0.717, 1.165) is 17.0 Å². The number of aliphatic hydroxyl groups is 1. The number of pyridine rings is 1. The molecule has 0 aliphatic carbocycles. The fourth-order valence-corrected chi connectivity index (χ4v) is 3.14. The summed E-state index contributed by atoms with van der Waals surface area (Å²) in [5, 5.41) is 20.0. The van der Waals surface area contributed by atoms with Gasteiger partial charge in [0.05, 0.1) is 18.8 Å². The van der Waals surface area contributed by atoms with Gasteiger partial charge in [0.15, 0.2) is 0 Å². The summed E-state index contributed by atoms with van der Waals surface area (Å²) in [4.78, 5) is 4.39. The first-order chi connectivity index (χ1) is 11.5. The van der Waals surface area contributed by atoms with Crippen molar-refractivity contribution in [1.82, 2.24) is 4.98 Å². The molecule has 0 aliphatic rings. The van der Waals surface area contributed by atoms with E-state index in [-0.39, 0.29) is 6.61 Å². The first kappa shape index (κ1) is 18.1. The van der Waals surface area contributed by atoms with E-state index < -0.39 is 6.10 Å². The van der Waals surface area contributed by atoms with E-state index in [1.807, 2.05) is 19.9 Å². The Kier molecular flexibility index (Phi) is 6.47. The van der Waals surface area contributed by atoms with Gasteiger partial charge in [-0.3, -0.25) is 0 Å². The lowest BCUT2D eigenvalue weighted by molar-refractivity contribution is 0.126. The van der Waals surface area contributed by atoms with Gasteiger partial charge in [-0.15, -0.1) is 11.8 Å². The van der Waals surface area contributed by atoms with E-state index in [2.05, 4.69) is 11.1 Å². The molecule has 0 spiro atoms. The second kappa shape index (κ2) is 8.57. The van der Waals surface area contributed by atoms with E-state index in [1.165, 1.54) is 11.8 Å². The lowest BCUT2D eigenvalue weighted by Gasteiger charge is -2.13. The standard InChI is InChI=1S/C18H20N2O3S/c1-12-8-13(2)20-18(17(12)9-19)24-11-14(21)10-23-16-6-4-15(22-3)5-7-16/h4-8,14,21H,10-11H2,1-3H3. The maximum atomic E-state index is 10.1. The Bertz CT molecular complexity index is 726. The number of thioether (sulfide) groups is 1. The topological polar surface area (TPSA) is 75.4 Å². The summed E-state index contributed by atoms with van der Waals surface area (Å²) in [6.45, 7) is 3.95. The van der Waals surface area contributed by atoms with Crippen LogP contribution in [0.4, 0.5) is 0 Å². The number of aryl methyl sites for hydroxylation is 2. The van der Waals surface area contributed by atoms with Crippen LogP contribution in [0.15, 0.2) is 35.4 Å². The Morgan fingerprint density at radius 3 is 2.54 bits per heavy atom. The molecular formula is C18H20N2O3S. The molecule has 1 unspecified atom stereocenters. The van der Waals surface area contributed by atoms with Gasteiger partial charge in [-0.2, -0.15) is 5.26 Å². The Hall–Kier alpha value is -2.23. The molecule has 1 heterocycles. The fraction of sp³-hybridized carbons (Fsp3) is 0.333. The summed E-state index contributed by atoms with van der Waals surface area (Å²) >= 11 is 1.37. The second-order valence-electron chi connectivity index (χ2n) is 5.32. The highest BCUT2D eigenvalue weighted by Crippen LogP contribution is 2.24. The van der Waals surface area contributed by atoms with Crippen molar-refractivity contribution in [1.29, 1.82) is 5.26 Å². The average molecular weight is 344 g/mol. The Labute approximate surface area is 146 Å². The van der Waals surface area contributed by atoms with E-state index >= 15 is 0 Å². The maximum Gasteiger partial charge on any atom is 0.119 e. The van der Waals surface area contributed by atoms with Crippen LogP contribution in [-0.2, 0) is 0 Å². The largest absolute Gasteiger partial charge is 0.497 e. The van der Waals surface area contributed by atoms with Gasteiger partial charge in [-0.05, 0) is 49.7 Å². The third kappa shape index (κ3) is 4.88. The minimum Gasteiger partial charge on any atom is -0.497 e. The van der Waals surface area contributed by atoms with Crippen molar-refractivity contribution in [3.05, 3.63) is 47.2 Å². The predicted octanol–water partition coefficient (Wildman–Crippen LogP) is 3.11. The predicted molar refractivity (Wildman–Crippen MR) is 93.6 cm³/mol. The summed E-state index contributed by atoms with van der Waals surface area (Å²) in [7, 11) is 1.60. The minimum atomic E-state index is -0.661. The van der Waals surface area contributed by atoms with Crippen LogP contribution in [0.3, 0.4) is 0 Å². The maximum absolute atomic E-state index is 10.1. The third-order valence-corrected chi connectivity index (χ3v) is 4.46. The van der Waals surface area contributed by atoms with Crippen molar-refractivity contribution >= 4 is 11.8 Å². The third-order valence-electron chi connectivity index (χ3n) is 3.34. The number of nitrogens with zero attached hydrogens (tertiary/aromatic N) is 2. The lowest BCUT2D eigenvalue weighted by atomic mass is 10.1. The molecule has 0 saturated carbocycles. The Balaban J connectivity index is 1.89. The number of hydrogen-bond donors (Lipinski definition) is 1. The number of nitriles is 1. The molecule has 0 radical (unpaired) electrons. The molecule has 0 saturated heterocycles. The molecule has 1 aromatic heterocycles. The van der Waals surface area contributed by atoms with Gasteiger partial charge in [0.25, 0.3) is 0 Å². The molecule has 0 aliphatic heterocycles. The van der Waals surface area contributed by atoms with Gasteiger partial charge in [0.2, 0.25) is 0 Å². The first-order valence-electron chi connectivity index (χ1n) is 7.49. The summed E-state index contributed by atoms with van der Waals surface area (Å²) in [5.74, 6) is 1.83. The molecule has 1 atom stereocenters. The van der Waals surface area contributed by atoms with E-state index in [4.69, 9.17) is 9.47 Å². The molecule has 1 N–H and O–H groups in total. The molecule has 6 heteroatoms. The molecular weight excluding hydrogens is 324 g/mol. The van der Waals surface area contributed by atoms with Crippen LogP contribution < -0.4 is 9.47 Å². The normalized spacial score (nSPS) is 11.6. The molecule has 1 aromatic carbocycles. The number of aliphatic hydroxyl groups excluding tert-OH is 1. The molecule has 0 amide bonds. The van der Waals surface area contributed by atoms with Gasteiger partial charge in [-0.25, -0.2) is 4.98 Å². The number of methoxy groups -OCH3 is 1. The van der Waals surface area contributed by atoms with Crippen LogP contribution in [0.2, 0.25) is 0 Å². The first-order valence-corrected chi connectivity index (χ1v) is 8.48. The molecule has 126 valence electrons. The Morgan fingerprint density at radius 1 is 1.25 bits per heavy atom. The zero-order valence-electron chi connectivity index (χ0n) is 13.9. The van der Waals surface area contributed by atoms with Gasteiger partial charge < -0.3 is 14.6 Å². The zero-order chi connectivity index (χ0) is 17.5. The van der Waals surface area contributed by atoms with Crippen LogP contribution in [0.5, 0.6) is 11.5 Å². The van der Waals surface area contributed by atoms with Crippen LogP contribution in [0.25, 0.3) is 0 Å². The number of aromatic nitrogens is 1. The van der Waals surface area contributed by atoms with Gasteiger partial charge in [0, 0.05) is 11.4 Å². The molecule has 5 nitrogen and oxygen atoms in total. The van der Waals surface area contributed by atoms with Crippen molar-refractivity contribution in [2.24, 2.45) is 0 Å². The highest BCUT2D eigenvalue weighted by atomic mass is 32.2. The summed E-state index contributed by atoms with van der Waals surface area (Å²) in [6.07, 6.45) is -0.661. The number of benzene rings is 1. The fourth-order valence-electron chi connectivity index (χ4n) is 2.13. The zero-order valence-corrected chi connectivity index (χ0v) is 14.8. The number of hydrogen-bond acceptors (Lipinski definition) is 6. The smallest absolute Gasteiger partial charge is 0.119 e. The highest BCUT2D eigenvalue weighted by molar-refractivity contribution is 7.99. The van der Waals surface area contributed by atoms with E-state index in [1.54, 1.807) is 31.4 Å². The number of ether oxygens (including phenoxy) is 2. The Morgan fingerprint density at radius 2 is 1.92 bits per heavy atom. The summed E-state index contributed by atoms with van der Waals surface area (Å²) in [5.41, 5.74) is 2.32. The van der Waals surface area contributed by atoms with E-state index in [9.17, 15) is 10.4 Å². The summed E-state index contributed by atoms with van der Waals surface area (Å²) in [6, 6.07) is 11.2. The summed E-state index contributed by atoms with van der Waals surface area (Å²) < 4.78 is 10.6. The minimum absolute atomic E-state index is 0.173. The molecule has 24 heavy (non-hydrogen) atoms. The monoisotopic (exact) mass is 344 g/mol. The van der Waals surface area contributed by atoms with Crippen LogP contribution in [0, 0.1) is 25.2 Å². The van der Waals surface area contributed by atoms with Crippen molar-refractivity contribution in [2.75, 3.05) is 19.5 Å². The lowest BCUT2D eigenvalue weighted by Crippen LogP contribution is -2.20. The highest BCUT2D eigenvalue weighted by Gasteiger charge is 2.12. The average Bonchev–Trinajstić information content (AvgIpc) is 2.58. The van der Waals surface area contributed by atoms with Crippen molar-refractivity contribution < 1.29 is 14.6 Å². The quantitative estimate of drug-likeness (QED) is 0.778. The van der Waals surface area contributed by atoms with Gasteiger partial charge in [-0.1, -0.05) is 0 Å². The van der Waals surface area contributed by atoms with Crippen molar-refractivity contribution in [3.8, 4) is 17.6 Å². The molecule has 2 rings (SSSR count). The molecule has 2 aromatic rings. The number of rotatable bonds is 7.